The minimum atomic E-state index is -0.710. The van der Waals surface area contributed by atoms with Crippen molar-refractivity contribution in [2.75, 3.05) is 42.8 Å². The number of hydrogen-bond donors (Lipinski definition) is 2. The number of ether oxygens (including phenoxy) is 1. The molecule has 1 aliphatic heterocycles. The maximum atomic E-state index is 11.6. The van der Waals surface area contributed by atoms with Crippen LogP contribution in [-0.4, -0.2) is 66.1 Å². The topological polar surface area (TPSA) is 138 Å². The lowest BCUT2D eigenvalue weighted by Crippen LogP contribution is -2.39. The van der Waals surface area contributed by atoms with Gasteiger partial charge >= 0.3 is 0 Å². The number of nitrogens with zero attached hydrogens (tertiary/aromatic N) is 6. The third kappa shape index (κ3) is 5.37. The van der Waals surface area contributed by atoms with Gasteiger partial charge in [-0.3, -0.25) is 4.90 Å². The predicted molar refractivity (Wildman–Crippen MR) is 119 cm³/mol. The first-order valence-corrected chi connectivity index (χ1v) is 11.3. The summed E-state index contributed by atoms with van der Waals surface area (Å²) in [5.41, 5.74) is 8.34. The highest BCUT2D eigenvalue weighted by molar-refractivity contribution is 7.91. The number of pyridine rings is 2. The van der Waals surface area contributed by atoms with E-state index in [1.807, 2.05) is 18.3 Å². The molecule has 4 rings (SSSR count). The van der Waals surface area contributed by atoms with Crippen LogP contribution in [0.15, 0.2) is 30.6 Å². The number of nitrogens with two attached hydrogens (primary N) is 1. The van der Waals surface area contributed by atoms with Crippen LogP contribution < -0.4 is 15.8 Å². The Bertz CT molecular complexity index is 1020. The van der Waals surface area contributed by atoms with E-state index in [0.717, 1.165) is 24.3 Å². The molecule has 3 aromatic heterocycles. The Kier molecular flexibility index (Phi) is 6.44. The molecule has 0 unspecified atom stereocenters. The van der Waals surface area contributed by atoms with Crippen molar-refractivity contribution >= 4 is 28.6 Å². The van der Waals surface area contributed by atoms with Gasteiger partial charge in [-0.25, -0.2) is 15.0 Å². The fourth-order valence-electron chi connectivity index (χ4n) is 3.29. The number of rotatable bonds is 6. The van der Waals surface area contributed by atoms with Crippen LogP contribution in [-0.2, 0) is 17.7 Å². The zero-order chi connectivity index (χ0) is 21.8. The molecule has 31 heavy (non-hydrogen) atoms. The Hall–Kier alpha value is -3.02. The number of aryl methyl sites for hydroxylation is 1. The second kappa shape index (κ2) is 9.41. The van der Waals surface area contributed by atoms with Crippen molar-refractivity contribution in [3.8, 4) is 17.3 Å². The molecule has 10 nitrogen and oxygen atoms in total. The number of methoxy groups -OCH3 is 1. The van der Waals surface area contributed by atoms with Crippen molar-refractivity contribution in [2.24, 2.45) is 0 Å². The van der Waals surface area contributed by atoms with Gasteiger partial charge in [-0.05, 0) is 24.6 Å². The first-order chi connectivity index (χ1) is 15.0. The maximum absolute atomic E-state index is 11.6. The Balaban J connectivity index is 1.65. The van der Waals surface area contributed by atoms with E-state index in [1.54, 1.807) is 26.3 Å². The molecule has 0 bridgehead atoms. The largest absolute Gasteiger partial charge is 0.616 e. The van der Waals surface area contributed by atoms with Crippen LogP contribution in [0.5, 0.6) is 5.88 Å². The van der Waals surface area contributed by atoms with Crippen molar-refractivity contribution in [3.05, 3.63) is 42.0 Å². The van der Waals surface area contributed by atoms with Crippen LogP contribution in [0.4, 0.5) is 17.5 Å². The molecule has 1 aliphatic rings. The molecule has 11 heteroatoms. The first-order valence-electron chi connectivity index (χ1n) is 9.82. The van der Waals surface area contributed by atoms with Gasteiger partial charge in [-0.2, -0.15) is 9.97 Å². The monoisotopic (exact) mass is 440 g/mol. The molecule has 3 N–H and O–H groups in total. The van der Waals surface area contributed by atoms with E-state index in [0.29, 0.717) is 47.0 Å². The van der Waals surface area contributed by atoms with Crippen LogP contribution in [0.25, 0.3) is 11.4 Å². The van der Waals surface area contributed by atoms with Crippen LogP contribution in [0.2, 0.25) is 0 Å². The average Bonchev–Trinajstić information content (AvgIpc) is 2.76. The summed E-state index contributed by atoms with van der Waals surface area (Å²) in [4.78, 5) is 24.0. The molecule has 0 amide bonds. The van der Waals surface area contributed by atoms with E-state index < -0.39 is 11.2 Å². The molecular weight excluding hydrogens is 416 g/mol. The Labute approximate surface area is 183 Å². The second-order valence-electron chi connectivity index (χ2n) is 7.14. The molecule has 0 saturated carbocycles. The third-order valence-corrected chi connectivity index (χ3v) is 6.11. The molecule has 0 aromatic carbocycles. The van der Waals surface area contributed by atoms with Gasteiger partial charge in [0, 0.05) is 31.9 Å². The van der Waals surface area contributed by atoms with Crippen molar-refractivity contribution in [2.45, 2.75) is 13.5 Å². The lowest BCUT2D eigenvalue weighted by molar-refractivity contribution is 0.287. The number of anilines is 3. The Morgan fingerprint density at radius 2 is 1.97 bits per heavy atom. The quantitative estimate of drug-likeness (QED) is 0.543. The number of aromatic nitrogens is 5. The van der Waals surface area contributed by atoms with Crippen molar-refractivity contribution in [1.29, 1.82) is 0 Å². The molecule has 162 valence electrons. The second-order valence-corrected chi connectivity index (χ2v) is 8.84. The maximum Gasteiger partial charge on any atom is 0.223 e. The van der Waals surface area contributed by atoms with Crippen molar-refractivity contribution in [1.82, 2.24) is 29.8 Å². The average molecular weight is 441 g/mol. The van der Waals surface area contributed by atoms with Crippen LogP contribution in [0.3, 0.4) is 0 Å². The van der Waals surface area contributed by atoms with Crippen molar-refractivity contribution < 1.29 is 9.29 Å². The predicted octanol–water partition coefficient (Wildman–Crippen LogP) is 1.54. The zero-order valence-corrected chi connectivity index (χ0v) is 18.2. The summed E-state index contributed by atoms with van der Waals surface area (Å²) in [5.74, 6) is 3.65. The van der Waals surface area contributed by atoms with E-state index in [4.69, 9.17) is 10.5 Å². The zero-order valence-electron chi connectivity index (χ0n) is 17.4. The number of nitrogen functional groups attached to an aromatic ring is 1. The summed E-state index contributed by atoms with van der Waals surface area (Å²) in [6.45, 7) is 4.09. The van der Waals surface area contributed by atoms with Gasteiger partial charge in [-0.1, -0.05) is 11.2 Å². The molecule has 1 fully saturated rings. The lowest BCUT2D eigenvalue weighted by Gasteiger charge is -2.28. The minimum Gasteiger partial charge on any atom is -0.616 e. The lowest BCUT2D eigenvalue weighted by atomic mass is 10.1. The summed E-state index contributed by atoms with van der Waals surface area (Å²) in [6.07, 6.45) is 3.49. The fourth-order valence-corrected chi connectivity index (χ4v) is 4.42. The number of nitrogens with one attached hydrogen (secondary N) is 1. The molecular formula is C20H24N8O2S. The third-order valence-electron chi connectivity index (χ3n) is 4.83. The highest BCUT2D eigenvalue weighted by atomic mass is 32.2. The normalized spacial score (nSPS) is 15.1. The summed E-state index contributed by atoms with van der Waals surface area (Å²) in [6, 6.07) is 5.62. The Morgan fingerprint density at radius 1 is 1.16 bits per heavy atom. The summed E-state index contributed by atoms with van der Waals surface area (Å²) < 4.78 is 16.8. The van der Waals surface area contributed by atoms with Gasteiger partial charge < -0.3 is 20.3 Å². The standard InChI is InChI=1S/C20H24N8O2S/c1-13-24-19(27-20(21)25-13)16-9-14(12-28-5-7-31(29)8-6-28)10-23-18(16)26-15-3-4-17(30-2)22-11-15/h3-4,9-11H,5-8,12H2,1-2H3,(H,23,26)(H2,21,24,25,27). The van der Waals surface area contributed by atoms with Gasteiger partial charge in [-0.15, -0.1) is 0 Å². The molecule has 3 aromatic rings. The molecule has 0 radical (unpaired) electrons. The van der Waals surface area contributed by atoms with Gasteiger partial charge in [0.15, 0.2) is 5.82 Å². The highest BCUT2D eigenvalue weighted by Crippen LogP contribution is 2.28. The summed E-state index contributed by atoms with van der Waals surface area (Å²) in [7, 11) is 1.57. The van der Waals surface area contributed by atoms with Crippen LogP contribution in [0, 0.1) is 6.92 Å². The minimum absolute atomic E-state index is 0.156. The summed E-state index contributed by atoms with van der Waals surface area (Å²) >= 11 is -0.710. The molecule has 0 spiro atoms. The van der Waals surface area contributed by atoms with E-state index >= 15 is 0 Å². The molecule has 1 saturated heterocycles. The van der Waals surface area contributed by atoms with E-state index in [-0.39, 0.29) is 5.95 Å². The fraction of sp³-hybridized carbons (Fsp3) is 0.350. The van der Waals surface area contributed by atoms with Gasteiger partial charge in [0.2, 0.25) is 11.8 Å². The van der Waals surface area contributed by atoms with Gasteiger partial charge in [0.05, 0.1) is 24.6 Å². The SMILES string of the molecule is COc1ccc(Nc2ncc(CN3CC[S+]([O-])CC3)cc2-c2nc(C)nc(N)n2)cn1. The number of hydrogen-bond acceptors (Lipinski definition) is 10. The van der Waals surface area contributed by atoms with E-state index in [2.05, 4.69) is 35.1 Å². The molecule has 0 atom stereocenters. The van der Waals surface area contributed by atoms with Crippen molar-refractivity contribution in [3.63, 3.8) is 0 Å². The molecule has 0 aliphatic carbocycles. The Morgan fingerprint density at radius 3 is 2.65 bits per heavy atom. The van der Waals surface area contributed by atoms with Crippen LogP contribution in [0.1, 0.15) is 11.4 Å². The van der Waals surface area contributed by atoms with Crippen LogP contribution >= 0.6 is 0 Å². The highest BCUT2D eigenvalue weighted by Gasteiger charge is 2.20. The summed E-state index contributed by atoms with van der Waals surface area (Å²) in [5, 5.41) is 3.27. The first kappa shape index (κ1) is 21.2. The van der Waals surface area contributed by atoms with Gasteiger partial charge in [0.25, 0.3) is 0 Å². The smallest absolute Gasteiger partial charge is 0.223 e. The van der Waals surface area contributed by atoms with Gasteiger partial charge in [0.1, 0.15) is 23.1 Å². The van der Waals surface area contributed by atoms with E-state index in [9.17, 15) is 4.55 Å². The van der Waals surface area contributed by atoms with E-state index in [1.165, 1.54) is 0 Å². The molecule has 4 heterocycles.